The number of likely N-dealkylation sites (tertiary alicyclic amines) is 2. The lowest BCUT2D eigenvalue weighted by molar-refractivity contribution is 0.172. The van der Waals surface area contributed by atoms with Gasteiger partial charge in [0.1, 0.15) is 39.1 Å². The molecule has 3 saturated carbocycles. The maximum Gasteiger partial charge on any atom is 0.175 e. The lowest BCUT2D eigenvalue weighted by atomic mass is 9.91. The largest absolute Gasteiger partial charge is 0.493 e. The lowest BCUT2D eigenvalue weighted by Crippen LogP contribution is -2.33. The van der Waals surface area contributed by atoms with Gasteiger partial charge in [-0.15, -0.1) is 47.5 Å². The van der Waals surface area contributed by atoms with Crippen LogP contribution in [0.5, 0.6) is 17.2 Å². The highest BCUT2D eigenvalue weighted by Gasteiger charge is 2.29. The zero-order valence-corrected chi connectivity index (χ0v) is 60.7. The van der Waals surface area contributed by atoms with E-state index in [2.05, 4.69) is 148 Å². The summed E-state index contributed by atoms with van der Waals surface area (Å²) < 4.78 is 36.0. The molecule has 6 aliphatic rings. The van der Waals surface area contributed by atoms with Gasteiger partial charge in [0.25, 0.3) is 0 Å². The fourth-order valence-corrected chi connectivity index (χ4v) is 15.2. The molecule has 518 valence electrons. The number of benzene rings is 3. The molecule has 5 aromatic heterocycles. The first-order valence-electron chi connectivity index (χ1n) is 35.0. The number of ether oxygens (including phenoxy) is 3. The number of nitrogens with zero attached hydrogens (tertiary/aromatic N) is 10. The number of nitriles is 2. The Balaban J connectivity index is 0.000000157. The number of nitrogens with one attached hydrogen (secondary N) is 1. The van der Waals surface area contributed by atoms with E-state index in [1.165, 1.54) is 94.6 Å². The number of thiophene rings is 2. The Labute approximate surface area is 588 Å². The van der Waals surface area contributed by atoms with Crippen molar-refractivity contribution in [1.82, 2.24) is 45.3 Å². The van der Waals surface area contributed by atoms with E-state index in [0.717, 1.165) is 241 Å². The summed E-state index contributed by atoms with van der Waals surface area (Å²) in [6, 6.07) is 21.6. The third kappa shape index (κ3) is 20.0. The molecule has 3 aliphatic carbocycles. The van der Waals surface area contributed by atoms with Gasteiger partial charge in [-0.3, -0.25) is 9.80 Å². The molecule has 8 heterocycles. The van der Waals surface area contributed by atoms with Gasteiger partial charge in [0, 0.05) is 48.9 Å². The first-order chi connectivity index (χ1) is 45.9. The van der Waals surface area contributed by atoms with Crippen LogP contribution in [0.2, 0.25) is 0 Å². The molecule has 3 saturated heterocycles. The molecule has 0 amide bonds. The van der Waals surface area contributed by atoms with Crippen LogP contribution in [0.1, 0.15) is 151 Å². The van der Waals surface area contributed by atoms with Crippen LogP contribution in [-0.2, 0) is 52.0 Å². The number of aryl methyl sites for hydroxylation is 3. The second-order valence-corrected chi connectivity index (χ2v) is 30.5. The molecule has 96 heavy (non-hydrogen) atoms. The van der Waals surface area contributed by atoms with Crippen LogP contribution in [0, 0.1) is 58.2 Å². The van der Waals surface area contributed by atoms with Crippen LogP contribution < -0.4 is 19.5 Å². The SMILES string of the molecule is CN(C)Cc1c(OCC2CC2)ccc2c(CCC3CCN(Cc4ccsc4C#N)CC3)noc12.CN(C)Cc1c(OCC2CC2)ccc2c(CCC3CCN(Cc4ccsc4C#N)CC3)noc12.CN(C)Cc1c(OCC2CC2)ccc2c(CCC3CCNCC3)noc12.Cl.Cl. The monoisotopic (exact) mass is 1390 g/mol. The maximum absolute atomic E-state index is 9.26. The fourth-order valence-electron chi connectivity index (χ4n) is 13.8. The number of rotatable bonds is 28. The molecule has 0 radical (unpaired) electrons. The van der Waals surface area contributed by atoms with Crippen LogP contribution in [0.25, 0.3) is 32.9 Å². The van der Waals surface area contributed by atoms with E-state index < -0.39 is 0 Å². The Hall–Kier alpha value is -5.81. The number of piperidine rings is 3. The van der Waals surface area contributed by atoms with Crippen LogP contribution in [0.15, 0.2) is 72.9 Å². The Kier molecular flexibility index (Phi) is 26.8. The van der Waals surface area contributed by atoms with Gasteiger partial charge in [0.05, 0.1) is 53.6 Å². The fraction of sp³-hybridized carbons (Fsp3) is 0.587. The van der Waals surface area contributed by atoms with Gasteiger partial charge >= 0.3 is 0 Å². The van der Waals surface area contributed by atoms with Gasteiger partial charge in [-0.25, -0.2) is 0 Å². The van der Waals surface area contributed by atoms with Crippen molar-refractivity contribution >= 4 is 80.4 Å². The molecule has 8 aromatic rings. The first-order valence-corrected chi connectivity index (χ1v) is 36.8. The highest BCUT2D eigenvalue weighted by atomic mass is 35.5. The summed E-state index contributed by atoms with van der Waals surface area (Å²) in [5.41, 5.74) is 11.6. The molecule has 0 unspecified atom stereocenters. The summed E-state index contributed by atoms with van der Waals surface area (Å²) in [7, 11) is 12.5. The molecule has 6 fully saturated rings. The average Bonchev–Trinajstić information content (AvgIpc) is 1.61. The highest BCUT2D eigenvalue weighted by Crippen LogP contribution is 2.39. The molecule has 0 atom stereocenters. The van der Waals surface area contributed by atoms with E-state index in [-0.39, 0.29) is 24.8 Å². The molecule has 21 heteroatoms. The molecule has 14 rings (SSSR count). The molecule has 1 N–H and O–H groups in total. The Morgan fingerprint density at radius 1 is 0.458 bits per heavy atom. The summed E-state index contributed by atoms with van der Waals surface area (Å²) in [6.45, 7) is 13.3. The number of aromatic nitrogens is 3. The van der Waals surface area contributed by atoms with E-state index >= 15 is 0 Å². The quantitative estimate of drug-likeness (QED) is 0.0488. The van der Waals surface area contributed by atoms with Crippen molar-refractivity contribution < 1.29 is 27.8 Å². The second-order valence-electron chi connectivity index (χ2n) is 28.6. The smallest absolute Gasteiger partial charge is 0.175 e. The van der Waals surface area contributed by atoms with Crippen LogP contribution >= 0.6 is 47.5 Å². The average molecular weight is 1390 g/mol. The number of halogens is 2. The van der Waals surface area contributed by atoms with E-state index in [0.29, 0.717) is 11.8 Å². The molecule has 0 bridgehead atoms. The van der Waals surface area contributed by atoms with Crippen LogP contribution in [0.3, 0.4) is 0 Å². The summed E-state index contributed by atoms with van der Waals surface area (Å²) in [6.07, 6.45) is 21.5. The van der Waals surface area contributed by atoms with Gasteiger partial charge in [-0.1, -0.05) is 15.5 Å². The van der Waals surface area contributed by atoms with Crippen molar-refractivity contribution in [3.63, 3.8) is 0 Å². The molecule has 3 aromatic carbocycles. The number of hydrogen-bond acceptors (Lipinski definition) is 19. The lowest BCUT2D eigenvalue weighted by Gasteiger charge is -2.31. The Morgan fingerprint density at radius 2 is 0.781 bits per heavy atom. The molecular weight excluding hydrogens is 1290 g/mol. The van der Waals surface area contributed by atoms with Gasteiger partial charge < -0.3 is 47.8 Å². The van der Waals surface area contributed by atoms with Gasteiger partial charge in [-0.05, 0) is 303 Å². The second kappa shape index (κ2) is 35.3. The van der Waals surface area contributed by atoms with Crippen LogP contribution in [0.4, 0.5) is 0 Å². The number of fused-ring (bicyclic) bond motifs is 3. The Bertz CT molecular complexity index is 3630. The van der Waals surface area contributed by atoms with Crippen molar-refractivity contribution in [2.75, 3.05) is 101 Å². The van der Waals surface area contributed by atoms with E-state index in [1.807, 2.05) is 10.8 Å². The summed E-state index contributed by atoms with van der Waals surface area (Å²) in [4.78, 5) is 13.2. The van der Waals surface area contributed by atoms with Crippen LogP contribution in [-0.4, -0.2) is 141 Å². The van der Waals surface area contributed by atoms with E-state index in [4.69, 9.17) is 27.8 Å². The standard InChI is InChI=1S/2C27H34N4O2S.C21H31N3O2.2ClH/c2*1-30(2)17-23-25(32-18-20-3-4-20)8-6-22-24(29-33-27(22)23)7-5-19-9-12-31(13-10-19)16-21-11-14-34-26(21)15-28;1-24(2)13-18-20(25-14-16-3-4-16)8-6-17-19(23-26-21(17)18)7-5-15-9-11-22-12-10-15;;/h2*6,8,11,14,19-20H,3-5,7,9-10,12-13,16-18H2,1-2H3;6,8,15-16,22H,3-5,7,9-14H2,1-2H3;2*1H. The minimum absolute atomic E-state index is 0. The van der Waals surface area contributed by atoms with Gasteiger partial charge in [0.2, 0.25) is 0 Å². The summed E-state index contributed by atoms with van der Waals surface area (Å²) in [5, 5.41) is 42.8. The zero-order valence-electron chi connectivity index (χ0n) is 57.4. The molecule has 0 spiro atoms. The molecular formula is C75H101Cl2N11O6S2. The first kappa shape index (κ1) is 72.9. The molecule has 17 nitrogen and oxygen atoms in total. The molecule has 3 aliphatic heterocycles. The summed E-state index contributed by atoms with van der Waals surface area (Å²) >= 11 is 3.09. The Morgan fingerprint density at radius 3 is 1.08 bits per heavy atom. The summed E-state index contributed by atoms with van der Waals surface area (Å²) in [5.74, 6) is 7.25. The normalized spacial score (nSPS) is 17.4. The highest BCUT2D eigenvalue weighted by molar-refractivity contribution is 7.10. The topological polar surface area (TPSA) is 182 Å². The van der Waals surface area contributed by atoms with E-state index in [9.17, 15) is 10.5 Å². The minimum atomic E-state index is 0. The number of hydrogen-bond donors (Lipinski definition) is 1. The zero-order chi connectivity index (χ0) is 64.9. The van der Waals surface area contributed by atoms with Crippen molar-refractivity contribution in [3.05, 3.63) is 114 Å². The third-order valence-corrected chi connectivity index (χ3v) is 21.7. The third-order valence-electron chi connectivity index (χ3n) is 20.0. The maximum atomic E-state index is 9.26. The van der Waals surface area contributed by atoms with Gasteiger partial charge in [-0.2, -0.15) is 10.5 Å². The van der Waals surface area contributed by atoms with Crippen molar-refractivity contribution in [3.8, 4) is 29.4 Å². The van der Waals surface area contributed by atoms with E-state index in [1.54, 1.807) is 22.7 Å². The van der Waals surface area contributed by atoms with Crippen molar-refractivity contribution in [1.29, 1.82) is 10.5 Å². The van der Waals surface area contributed by atoms with Crippen molar-refractivity contribution in [2.24, 2.45) is 35.5 Å². The van der Waals surface area contributed by atoms with Gasteiger partial charge in [0.15, 0.2) is 16.7 Å². The predicted octanol–water partition coefficient (Wildman–Crippen LogP) is 15.4. The predicted molar refractivity (Wildman–Crippen MR) is 388 cm³/mol. The van der Waals surface area contributed by atoms with Crippen molar-refractivity contribution in [2.45, 2.75) is 148 Å². The minimum Gasteiger partial charge on any atom is -0.493 e.